The Hall–Kier alpha value is -2.59. The van der Waals surface area contributed by atoms with Crippen molar-refractivity contribution in [2.24, 2.45) is 5.73 Å². The summed E-state index contributed by atoms with van der Waals surface area (Å²) in [5, 5.41) is 8.65. The molecule has 108 valence electrons. The SMILES string of the molecule is NC(=S)C(c1ccccc1)c1ccc(-c2ccccc2)nn1. The van der Waals surface area contributed by atoms with Crippen LogP contribution in [0.25, 0.3) is 11.3 Å². The van der Waals surface area contributed by atoms with E-state index in [0.29, 0.717) is 4.99 Å². The molecule has 2 aromatic carbocycles. The number of hydrogen-bond donors (Lipinski definition) is 1. The van der Waals surface area contributed by atoms with E-state index in [2.05, 4.69) is 10.2 Å². The lowest BCUT2D eigenvalue weighted by atomic mass is 9.95. The van der Waals surface area contributed by atoms with Gasteiger partial charge in [-0.1, -0.05) is 72.9 Å². The van der Waals surface area contributed by atoms with Crippen molar-refractivity contribution < 1.29 is 0 Å². The smallest absolute Gasteiger partial charge is 0.0929 e. The Kier molecular flexibility index (Phi) is 4.21. The number of nitrogens with two attached hydrogens (primary N) is 1. The number of thiocarbonyl (C=S) groups is 1. The van der Waals surface area contributed by atoms with Crippen LogP contribution in [0, 0.1) is 0 Å². The van der Waals surface area contributed by atoms with Crippen molar-refractivity contribution in [1.29, 1.82) is 0 Å². The molecule has 22 heavy (non-hydrogen) atoms. The number of aromatic nitrogens is 2. The van der Waals surface area contributed by atoms with Gasteiger partial charge in [0.15, 0.2) is 0 Å². The summed E-state index contributed by atoms with van der Waals surface area (Å²) in [6.07, 6.45) is 0. The fourth-order valence-electron chi connectivity index (χ4n) is 2.39. The van der Waals surface area contributed by atoms with Crippen molar-refractivity contribution in [1.82, 2.24) is 10.2 Å². The molecule has 0 saturated carbocycles. The van der Waals surface area contributed by atoms with Crippen LogP contribution in [0.5, 0.6) is 0 Å². The molecule has 1 aromatic heterocycles. The minimum Gasteiger partial charge on any atom is -0.392 e. The molecule has 0 aliphatic carbocycles. The highest BCUT2D eigenvalue weighted by Crippen LogP contribution is 2.24. The third-order valence-corrected chi connectivity index (χ3v) is 3.70. The number of nitrogens with zero attached hydrogens (tertiary/aromatic N) is 2. The molecule has 0 bridgehead atoms. The van der Waals surface area contributed by atoms with Crippen LogP contribution in [0.1, 0.15) is 17.2 Å². The molecule has 0 spiro atoms. The van der Waals surface area contributed by atoms with Gasteiger partial charge < -0.3 is 5.73 Å². The number of benzene rings is 2. The van der Waals surface area contributed by atoms with Crippen LogP contribution in [0.4, 0.5) is 0 Å². The predicted molar refractivity (Wildman–Crippen MR) is 92.5 cm³/mol. The zero-order valence-corrected chi connectivity index (χ0v) is 12.7. The van der Waals surface area contributed by atoms with Gasteiger partial charge in [-0.15, -0.1) is 0 Å². The highest BCUT2D eigenvalue weighted by atomic mass is 32.1. The summed E-state index contributed by atoms with van der Waals surface area (Å²) in [6.45, 7) is 0. The molecule has 1 unspecified atom stereocenters. The molecule has 4 heteroatoms. The van der Waals surface area contributed by atoms with Crippen LogP contribution in [-0.2, 0) is 0 Å². The zero-order chi connectivity index (χ0) is 15.4. The van der Waals surface area contributed by atoms with Gasteiger partial charge in [-0.25, -0.2) is 0 Å². The lowest BCUT2D eigenvalue weighted by Gasteiger charge is -2.15. The van der Waals surface area contributed by atoms with E-state index in [9.17, 15) is 0 Å². The predicted octanol–water partition coefficient (Wildman–Crippen LogP) is 3.56. The third-order valence-electron chi connectivity index (χ3n) is 3.47. The van der Waals surface area contributed by atoms with E-state index in [1.807, 2.05) is 72.8 Å². The van der Waals surface area contributed by atoms with Crippen molar-refractivity contribution >= 4 is 17.2 Å². The molecule has 3 rings (SSSR count). The summed E-state index contributed by atoms with van der Waals surface area (Å²) in [5.74, 6) is -0.214. The van der Waals surface area contributed by atoms with Gasteiger partial charge in [0.25, 0.3) is 0 Å². The van der Waals surface area contributed by atoms with E-state index in [1.54, 1.807) is 0 Å². The van der Waals surface area contributed by atoms with E-state index in [4.69, 9.17) is 18.0 Å². The largest absolute Gasteiger partial charge is 0.392 e. The monoisotopic (exact) mass is 305 g/mol. The topological polar surface area (TPSA) is 51.8 Å². The minimum absolute atomic E-state index is 0.214. The molecule has 0 radical (unpaired) electrons. The number of rotatable bonds is 4. The first-order valence-corrected chi connectivity index (χ1v) is 7.40. The van der Waals surface area contributed by atoms with Crippen LogP contribution in [0.3, 0.4) is 0 Å². The summed E-state index contributed by atoms with van der Waals surface area (Å²) in [6, 6.07) is 23.7. The minimum atomic E-state index is -0.214. The first kappa shape index (κ1) is 14.4. The fourth-order valence-corrected chi connectivity index (χ4v) is 2.64. The lowest BCUT2D eigenvalue weighted by Crippen LogP contribution is -2.21. The van der Waals surface area contributed by atoms with Crippen LogP contribution >= 0.6 is 12.2 Å². The first-order valence-electron chi connectivity index (χ1n) is 6.99. The van der Waals surface area contributed by atoms with Crippen molar-refractivity contribution in [3.63, 3.8) is 0 Å². The van der Waals surface area contributed by atoms with E-state index in [0.717, 1.165) is 22.5 Å². The van der Waals surface area contributed by atoms with Crippen LogP contribution < -0.4 is 5.73 Å². The van der Waals surface area contributed by atoms with Gasteiger partial charge >= 0.3 is 0 Å². The van der Waals surface area contributed by atoms with E-state index < -0.39 is 0 Å². The summed E-state index contributed by atoms with van der Waals surface area (Å²) in [5.41, 5.74) is 9.57. The molecule has 3 aromatic rings. The molecule has 3 nitrogen and oxygen atoms in total. The second kappa shape index (κ2) is 6.45. The molecule has 2 N–H and O–H groups in total. The zero-order valence-electron chi connectivity index (χ0n) is 11.9. The van der Waals surface area contributed by atoms with E-state index >= 15 is 0 Å². The summed E-state index contributed by atoms with van der Waals surface area (Å²) >= 11 is 5.22. The third kappa shape index (κ3) is 3.02. The Balaban J connectivity index is 1.95. The standard InChI is InChI=1S/C18H15N3S/c19-18(22)17(14-9-5-2-6-10-14)16-12-11-15(20-21-16)13-7-3-1-4-8-13/h1-12,17H,(H2,19,22). The average molecular weight is 305 g/mol. The first-order chi connectivity index (χ1) is 10.8. The fraction of sp³-hybridized carbons (Fsp3) is 0.0556. The number of hydrogen-bond acceptors (Lipinski definition) is 3. The van der Waals surface area contributed by atoms with Crippen LogP contribution in [0.2, 0.25) is 0 Å². The van der Waals surface area contributed by atoms with Gasteiger partial charge in [0.2, 0.25) is 0 Å². The molecule has 0 aliphatic rings. The second-order valence-corrected chi connectivity index (χ2v) is 5.43. The Labute approximate surface area is 134 Å². The maximum absolute atomic E-state index is 5.91. The van der Waals surface area contributed by atoms with Crippen molar-refractivity contribution in [3.8, 4) is 11.3 Å². The van der Waals surface area contributed by atoms with Gasteiger partial charge in [0.05, 0.1) is 22.3 Å². The molecular formula is C18H15N3S. The Bertz CT molecular complexity index is 755. The van der Waals surface area contributed by atoms with Gasteiger partial charge in [-0.3, -0.25) is 0 Å². The molecule has 0 fully saturated rings. The van der Waals surface area contributed by atoms with Crippen molar-refractivity contribution in [3.05, 3.63) is 84.1 Å². The summed E-state index contributed by atoms with van der Waals surface area (Å²) in [7, 11) is 0. The van der Waals surface area contributed by atoms with Crippen molar-refractivity contribution in [2.45, 2.75) is 5.92 Å². The quantitative estimate of drug-likeness (QED) is 0.749. The summed E-state index contributed by atoms with van der Waals surface area (Å²) in [4.78, 5) is 0.396. The normalized spacial score (nSPS) is 11.8. The molecular weight excluding hydrogens is 290 g/mol. The molecule has 1 atom stereocenters. The highest BCUT2D eigenvalue weighted by molar-refractivity contribution is 7.80. The van der Waals surface area contributed by atoms with Gasteiger partial charge in [0, 0.05) is 5.56 Å². The van der Waals surface area contributed by atoms with Crippen LogP contribution in [0.15, 0.2) is 72.8 Å². The Morgan fingerprint density at radius 3 is 2.00 bits per heavy atom. The second-order valence-electron chi connectivity index (χ2n) is 4.96. The molecule has 1 heterocycles. The molecule has 0 saturated heterocycles. The Morgan fingerprint density at radius 1 is 0.818 bits per heavy atom. The van der Waals surface area contributed by atoms with E-state index in [1.165, 1.54) is 0 Å². The van der Waals surface area contributed by atoms with Gasteiger partial charge in [-0.2, -0.15) is 10.2 Å². The maximum atomic E-state index is 5.91. The van der Waals surface area contributed by atoms with Crippen molar-refractivity contribution in [2.75, 3.05) is 0 Å². The Morgan fingerprint density at radius 2 is 1.45 bits per heavy atom. The van der Waals surface area contributed by atoms with Crippen LogP contribution in [-0.4, -0.2) is 15.2 Å². The maximum Gasteiger partial charge on any atom is 0.0929 e. The summed E-state index contributed by atoms with van der Waals surface area (Å²) < 4.78 is 0. The molecule has 0 aliphatic heterocycles. The average Bonchev–Trinajstić information content (AvgIpc) is 2.57. The van der Waals surface area contributed by atoms with Gasteiger partial charge in [-0.05, 0) is 17.7 Å². The van der Waals surface area contributed by atoms with E-state index in [-0.39, 0.29) is 5.92 Å². The highest BCUT2D eigenvalue weighted by Gasteiger charge is 2.19. The van der Waals surface area contributed by atoms with Gasteiger partial charge in [0.1, 0.15) is 0 Å². The lowest BCUT2D eigenvalue weighted by molar-refractivity contribution is 0.906. The molecule has 0 amide bonds.